The van der Waals surface area contributed by atoms with Crippen molar-refractivity contribution in [2.75, 3.05) is 19.8 Å². The number of amides is 1. The first kappa shape index (κ1) is 77.8. The van der Waals surface area contributed by atoms with Crippen LogP contribution in [0.25, 0.3) is 0 Å². The summed E-state index contributed by atoms with van der Waals surface area (Å²) in [6, 6.07) is -0.911. The molecule has 12 atom stereocenters. The number of hydrogen-bond donors (Lipinski definition) is 9. The van der Waals surface area contributed by atoms with E-state index in [1.54, 1.807) is 6.08 Å². The third-order valence-electron chi connectivity index (χ3n) is 17.7. The highest BCUT2D eigenvalue weighted by molar-refractivity contribution is 5.76. The van der Waals surface area contributed by atoms with Crippen LogP contribution in [-0.4, -0.2) is 140 Å². The van der Waals surface area contributed by atoms with Crippen molar-refractivity contribution in [3.63, 3.8) is 0 Å². The van der Waals surface area contributed by atoms with E-state index in [-0.39, 0.29) is 18.9 Å². The summed E-state index contributed by atoms with van der Waals surface area (Å²) in [5.41, 5.74) is 0. The van der Waals surface area contributed by atoms with E-state index in [0.29, 0.717) is 6.42 Å². The van der Waals surface area contributed by atoms with E-state index in [9.17, 15) is 45.6 Å². The van der Waals surface area contributed by atoms with E-state index in [0.717, 1.165) is 38.5 Å². The lowest BCUT2D eigenvalue weighted by Crippen LogP contribution is -2.65. The Bertz CT molecular complexity index is 1440. The molecule has 0 aromatic carbocycles. The van der Waals surface area contributed by atoms with Gasteiger partial charge in [0.05, 0.1) is 32.0 Å². The predicted octanol–water partition coefficient (Wildman–Crippen LogP) is 14.2. The molecule has 1 amide bonds. The lowest BCUT2D eigenvalue weighted by atomic mass is 9.97. The molecule has 0 bridgehead atoms. The van der Waals surface area contributed by atoms with Crippen LogP contribution in [0, 0.1) is 0 Å². The highest BCUT2D eigenvalue weighted by Crippen LogP contribution is 2.30. The van der Waals surface area contributed by atoms with Gasteiger partial charge in [-0.25, -0.2) is 0 Å². The average Bonchev–Trinajstić information content (AvgIpc) is 3.59. The van der Waals surface area contributed by atoms with Gasteiger partial charge in [0.15, 0.2) is 12.6 Å². The molecule has 0 aromatic heterocycles. The number of aliphatic hydroxyl groups excluding tert-OH is 8. The average molecular weight is 1180 g/mol. The quantitative estimate of drug-likeness (QED) is 0.0204. The molecule has 0 radical (unpaired) electrons. The van der Waals surface area contributed by atoms with Crippen molar-refractivity contribution in [2.45, 2.75) is 402 Å². The van der Waals surface area contributed by atoms with Crippen LogP contribution in [0.5, 0.6) is 0 Å². The number of allylic oxidation sites excluding steroid dienone is 1. The number of carbonyl (C=O) groups excluding carboxylic acids is 1. The van der Waals surface area contributed by atoms with E-state index in [4.69, 9.17) is 18.9 Å². The second-order valence-corrected chi connectivity index (χ2v) is 25.4. The maximum absolute atomic E-state index is 13.3. The largest absolute Gasteiger partial charge is 0.394 e. The van der Waals surface area contributed by atoms with Crippen LogP contribution in [0.4, 0.5) is 0 Å². The SMILES string of the molecule is CCCCCCCCCCCCCCCCCCCCCCCCCC/C=C/C(O)C(COC1OC(CO)C(OC2OC(CO)C(O)C(O)C2O)C(O)C1O)NC(=O)CCCCCCCCCCCCCCCCCCCCCCCCC. The van der Waals surface area contributed by atoms with Gasteiger partial charge in [-0.1, -0.05) is 315 Å². The summed E-state index contributed by atoms with van der Waals surface area (Å²) in [6.07, 6.45) is 49.8. The summed E-state index contributed by atoms with van der Waals surface area (Å²) < 4.78 is 22.9. The van der Waals surface area contributed by atoms with Crippen LogP contribution in [0.15, 0.2) is 12.2 Å². The van der Waals surface area contributed by atoms with Gasteiger partial charge in [0.25, 0.3) is 0 Å². The Morgan fingerprint density at radius 2 is 0.747 bits per heavy atom. The monoisotopic (exact) mass is 1180 g/mol. The summed E-state index contributed by atoms with van der Waals surface area (Å²) in [5, 5.41) is 87.5. The first-order valence-electron chi connectivity index (χ1n) is 35.4. The number of ether oxygens (including phenoxy) is 4. The van der Waals surface area contributed by atoms with Gasteiger partial charge in [0.2, 0.25) is 5.91 Å². The molecule has 14 nitrogen and oxygen atoms in total. The van der Waals surface area contributed by atoms with Gasteiger partial charge >= 0.3 is 0 Å². The first-order chi connectivity index (χ1) is 40.6. The van der Waals surface area contributed by atoms with Gasteiger partial charge < -0.3 is 65.1 Å². The number of carbonyl (C=O) groups is 1. The minimum absolute atomic E-state index is 0.231. The molecule has 2 aliphatic heterocycles. The maximum atomic E-state index is 13.3. The van der Waals surface area contributed by atoms with Crippen LogP contribution in [0.3, 0.4) is 0 Å². The third kappa shape index (κ3) is 39.4. The molecular formula is C69H133NO13. The van der Waals surface area contributed by atoms with Crippen molar-refractivity contribution < 1.29 is 64.6 Å². The Balaban J connectivity index is 1.68. The molecule has 0 saturated carbocycles. The van der Waals surface area contributed by atoms with Gasteiger partial charge in [-0.05, 0) is 19.3 Å². The number of unbranched alkanes of at least 4 members (excludes halogenated alkanes) is 46. The minimum Gasteiger partial charge on any atom is -0.394 e. The summed E-state index contributed by atoms with van der Waals surface area (Å²) in [4.78, 5) is 13.3. The van der Waals surface area contributed by atoms with Crippen LogP contribution in [-0.2, 0) is 23.7 Å². The second kappa shape index (κ2) is 54.8. The minimum atomic E-state index is -1.79. The summed E-state index contributed by atoms with van der Waals surface area (Å²) in [7, 11) is 0. The molecule has 2 rings (SSSR count). The predicted molar refractivity (Wildman–Crippen MR) is 337 cm³/mol. The van der Waals surface area contributed by atoms with Crippen LogP contribution >= 0.6 is 0 Å². The molecule has 0 spiro atoms. The highest BCUT2D eigenvalue weighted by atomic mass is 16.7. The first-order valence-corrected chi connectivity index (χ1v) is 35.4. The molecule has 12 unspecified atom stereocenters. The molecule has 0 aliphatic carbocycles. The van der Waals surface area contributed by atoms with Gasteiger partial charge in [0.1, 0.15) is 48.8 Å². The zero-order valence-corrected chi connectivity index (χ0v) is 53.5. The molecule has 9 N–H and O–H groups in total. The summed E-state index contributed by atoms with van der Waals surface area (Å²) in [6.45, 7) is 2.86. The molecule has 83 heavy (non-hydrogen) atoms. The number of aliphatic hydroxyl groups is 8. The fourth-order valence-corrected chi connectivity index (χ4v) is 12.1. The fraction of sp³-hybridized carbons (Fsp3) is 0.957. The highest BCUT2D eigenvalue weighted by Gasteiger charge is 2.51. The molecule has 2 saturated heterocycles. The molecular weight excluding hydrogens is 1050 g/mol. The molecule has 492 valence electrons. The number of nitrogens with one attached hydrogen (secondary N) is 1. The third-order valence-corrected chi connectivity index (χ3v) is 17.7. The Kier molecular flexibility index (Phi) is 51.4. The molecule has 14 heteroatoms. The van der Waals surface area contributed by atoms with E-state index < -0.39 is 86.8 Å². The summed E-state index contributed by atoms with van der Waals surface area (Å²) >= 11 is 0. The van der Waals surface area contributed by atoms with Gasteiger partial charge in [-0.3, -0.25) is 4.79 Å². The summed E-state index contributed by atoms with van der Waals surface area (Å²) in [5.74, 6) is -0.231. The molecule has 0 aromatic rings. The molecule has 2 heterocycles. The van der Waals surface area contributed by atoms with E-state index >= 15 is 0 Å². The van der Waals surface area contributed by atoms with Crippen molar-refractivity contribution in [1.29, 1.82) is 0 Å². The van der Waals surface area contributed by atoms with Gasteiger partial charge in [-0.15, -0.1) is 0 Å². The van der Waals surface area contributed by atoms with E-state index in [1.807, 2.05) is 6.08 Å². The topological polar surface area (TPSA) is 228 Å². The van der Waals surface area contributed by atoms with Gasteiger partial charge in [-0.2, -0.15) is 0 Å². The lowest BCUT2D eigenvalue weighted by Gasteiger charge is -2.46. The van der Waals surface area contributed by atoms with E-state index in [1.165, 1.54) is 263 Å². The Labute approximate surface area is 507 Å². The number of hydrogen-bond acceptors (Lipinski definition) is 13. The Morgan fingerprint density at radius 1 is 0.422 bits per heavy atom. The number of rotatable bonds is 59. The van der Waals surface area contributed by atoms with Crippen molar-refractivity contribution in [3.8, 4) is 0 Å². The standard InChI is InChI=1S/C69H133NO13/c1-3-5-7-9-11-13-15-17-19-21-23-25-27-28-29-31-32-34-36-38-40-42-44-46-48-50-52-58(73)57(56-80-68-66(79)64(77)67(60(55-72)82-68)83-69-65(78)63(76)62(75)59(54-71)81-69)70-61(74)53-51-49-47-45-43-41-39-37-35-33-30-26-24-22-20-18-16-14-12-10-8-6-4-2/h50,52,57-60,62-69,71-73,75-79H,3-49,51,53-56H2,1-2H3,(H,70,74)/b52-50+. The zero-order chi connectivity index (χ0) is 60.2. The normalized spacial score (nSPS) is 23.8. The Hall–Kier alpha value is -1.27. The van der Waals surface area contributed by atoms with Crippen LogP contribution in [0.2, 0.25) is 0 Å². The van der Waals surface area contributed by atoms with Crippen molar-refractivity contribution in [1.82, 2.24) is 5.32 Å². The van der Waals surface area contributed by atoms with Crippen molar-refractivity contribution in [3.05, 3.63) is 12.2 Å². The van der Waals surface area contributed by atoms with E-state index in [2.05, 4.69) is 19.2 Å². The van der Waals surface area contributed by atoms with Crippen molar-refractivity contribution >= 4 is 5.91 Å². The lowest BCUT2D eigenvalue weighted by molar-refractivity contribution is -0.359. The van der Waals surface area contributed by atoms with Crippen LogP contribution < -0.4 is 5.32 Å². The van der Waals surface area contributed by atoms with Gasteiger partial charge in [0, 0.05) is 6.42 Å². The maximum Gasteiger partial charge on any atom is 0.220 e. The fourth-order valence-electron chi connectivity index (χ4n) is 12.1. The molecule has 2 aliphatic rings. The van der Waals surface area contributed by atoms with Crippen molar-refractivity contribution in [2.24, 2.45) is 0 Å². The van der Waals surface area contributed by atoms with Crippen LogP contribution in [0.1, 0.15) is 328 Å². The smallest absolute Gasteiger partial charge is 0.220 e. The zero-order valence-electron chi connectivity index (χ0n) is 53.5. The Morgan fingerprint density at radius 3 is 1.11 bits per heavy atom. The molecule has 2 fully saturated rings. The second-order valence-electron chi connectivity index (χ2n) is 25.4.